The Morgan fingerprint density at radius 1 is 0.889 bits per heavy atom. The largest absolute Gasteiger partial charge is 0.490 e. The zero-order chi connectivity index (χ0) is 24.9. The van der Waals surface area contributed by atoms with E-state index in [9.17, 15) is 4.79 Å². The van der Waals surface area contributed by atoms with Crippen molar-refractivity contribution >= 4 is 11.6 Å². The summed E-state index contributed by atoms with van der Waals surface area (Å²) in [5, 5.41) is 0. The highest BCUT2D eigenvalue weighted by atomic mass is 16.5. The molecule has 6 rings (SSSR count). The molecule has 0 radical (unpaired) electrons. The average Bonchev–Trinajstić information content (AvgIpc) is 2.81. The van der Waals surface area contributed by atoms with E-state index in [0.29, 0.717) is 11.5 Å². The van der Waals surface area contributed by atoms with E-state index in [1.54, 1.807) is 6.20 Å². The third-order valence-corrected chi connectivity index (χ3v) is 8.06. The average molecular weight is 484 g/mol. The van der Waals surface area contributed by atoms with Gasteiger partial charge in [-0.25, -0.2) is 4.98 Å². The van der Waals surface area contributed by atoms with Crippen molar-refractivity contribution < 1.29 is 14.3 Å². The van der Waals surface area contributed by atoms with Crippen LogP contribution in [-0.2, 0) is 10.2 Å². The van der Waals surface area contributed by atoms with Crippen LogP contribution in [0.25, 0.3) is 0 Å². The Labute approximate surface area is 212 Å². The minimum Gasteiger partial charge on any atom is -0.490 e. The molecule has 2 aromatic carbocycles. The van der Waals surface area contributed by atoms with E-state index in [-0.39, 0.29) is 23.0 Å². The molecule has 2 saturated carbocycles. The number of pyridine rings is 1. The predicted molar refractivity (Wildman–Crippen MR) is 140 cm³/mol. The van der Waals surface area contributed by atoms with Crippen molar-refractivity contribution in [3.05, 3.63) is 78.0 Å². The van der Waals surface area contributed by atoms with E-state index < -0.39 is 0 Å². The Bertz CT molecular complexity index is 1230. The Hall–Kier alpha value is -3.38. The number of nitrogens with two attached hydrogens (primary N) is 1. The van der Waals surface area contributed by atoms with Crippen molar-refractivity contribution in [1.29, 1.82) is 0 Å². The molecule has 1 spiro atoms. The van der Waals surface area contributed by atoms with Gasteiger partial charge in [-0.15, -0.1) is 0 Å². The molecule has 3 fully saturated rings. The van der Waals surface area contributed by atoms with Gasteiger partial charge < -0.3 is 20.1 Å². The number of benzene rings is 2. The molecule has 3 aliphatic rings. The third kappa shape index (κ3) is 4.35. The first-order valence-electron chi connectivity index (χ1n) is 12.8. The maximum absolute atomic E-state index is 11.3. The molecule has 2 heterocycles. The smallest absolute Gasteiger partial charge is 0.145 e. The molecule has 0 unspecified atom stereocenters. The van der Waals surface area contributed by atoms with Gasteiger partial charge in [-0.3, -0.25) is 4.79 Å². The van der Waals surface area contributed by atoms with Gasteiger partial charge in [-0.05, 0) is 60.4 Å². The molecular formula is C30H33N3O3. The topological polar surface area (TPSA) is 77.7 Å². The van der Waals surface area contributed by atoms with Crippen LogP contribution in [0.3, 0.4) is 0 Å². The number of carbonyl (C=O) groups excluding carboxylic acids is 1. The molecule has 6 heteroatoms. The van der Waals surface area contributed by atoms with Gasteiger partial charge in [0.1, 0.15) is 35.0 Å². The molecule has 2 N–H and O–H groups in total. The van der Waals surface area contributed by atoms with E-state index in [4.69, 9.17) is 15.2 Å². The Kier molecular flexibility index (Phi) is 5.52. The number of aromatic nitrogens is 1. The van der Waals surface area contributed by atoms with Crippen LogP contribution in [0, 0.1) is 5.41 Å². The number of carbonyl (C=O) groups is 1. The monoisotopic (exact) mass is 483 g/mol. The third-order valence-electron chi connectivity index (χ3n) is 8.06. The van der Waals surface area contributed by atoms with Crippen LogP contribution in [0.5, 0.6) is 17.2 Å². The van der Waals surface area contributed by atoms with Crippen molar-refractivity contribution in [1.82, 2.24) is 4.98 Å². The van der Waals surface area contributed by atoms with Crippen molar-refractivity contribution in [2.24, 2.45) is 11.1 Å². The van der Waals surface area contributed by atoms with Crippen LogP contribution in [0.1, 0.15) is 50.7 Å². The van der Waals surface area contributed by atoms with Crippen molar-refractivity contribution in [2.75, 3.05) is 18.0 Å². The molecule has 1 aromatic heterocycles. The summed E-state index contributed by atoms with van der Waals surface area (Å²) >= 11 is 0. The molecule has 186 valence electrons. The zero-order valence-electron chi connectivity index (χ0n) is 20.9. The molecule has 36 heavy (non-hydrogen) atoms. The number of hydrogen-bond acceptors (Lipinski definition) is 6. The highest BCUT2D eigenvalue weighted by Gasteiger charge is 2.52. The molecule has 6 nitrogen and oxygen atoms in total. The lowest BCUT2D eigenvalue weighted by Gasteiger charge is -2.55. The Morgan fingerprint density at radius 3 is 2.00 bits per heavy atom. The predicted octanol–water partition coefficient (Wildman–Crippen LogP) is 5.24. The lowest BCUT2D eigenvalue weighted by molar-refractivity contribution is -0.134. The summed E-state index contributed by atoms with van der Waals surface area (Å²) < 4.78 is 12.1. The lowest BCUT2D eigenvalue weighted by atomic mass is 9.63. The summed E-state index contributed by atoms with van der Waals surface area (Å²) in [5.74, 6) is 3.72. The minimum absolute atomic E-state index is 0.154. The van der Waals surface area contributed by atoms with Crippen molar-refractivity contribution in [3.8, 4) is 17.2 Å². The van der Waals surface area contributed by atoms with Gasteiger partial charge in [-0.2, -0.15) is 0 Å². The van der Waals surface area contributed by atoms with Crippen LogP contribution in [0.2, 0.25) is 0 Å². The number of Topliss-reactive ketones (excluding diaryl/α,β-unsaturated/α-hetero) is 1. The first kappa shape index (κ1) is 23.0. The molecule has 1 saturated heterocycles. The van der Waals surface area contributed by atoms with Gasteiger partial charge in [0, 0.05) is 42.8 Å². The molecule has 0 bridgehead atoms. The van der Waals surface area contributed by atoms with Gasteiger partial charge in [0.25, 0.3) is 0 Å². The van der Waals surface area contributed by atoms with E-state index in [2.05, 4.69) is 60.1 Å². The van der Waals surface area contributed by atoms with Crippen LogP contribution in [0.15, 0.2) is 66.9 Å². The second kappa shape index (κ2) is 8.63. The molecule has 0 amide bonds. The summed E-state index contributed by atoms with van der Waals surface area (Å²) in [6, 6.07) is 20.9. The first-order valence-corrected chi connectivity index (χ1v) is 12.8. The summed E-state index contributed by atoms with van der Waals surface area (Å²) in [6.07, 6.45) is 5.35. The SMILES string of the molecule is CC(C)(c1ccc(Oc2ccc(N3CC4(CC(=O)C4)C3)nc2)cc1)c1ccc(OC2CC(N)C2)cc1. The molecule has 3 aromatic rings. The highest BCUT2D eigenvalue weighted by Crippen LogP contribution is 2.47. The summed E-state index contributed by atoms with van der Waals surface area (Å²) in [6.45, 7) is 6.31. The summed E-state index contributed by atoms with van der Waals surface area (Å²) in [5.41, 5.74) is 8.37. The standard InChI is InChI=1S/C30H33N3O3/c1-29(2,21-5-9-25(10-6-21)36-27-13-22(31)14-27)20-3-7-24(8-4-20)35-26-11-12-28(32-17-26)33-18-30(19-33)15-23(34)16-30/h3-12,17,22,27H,13-16,18-19,31H2,1-2H3. The van der Waals surface area contributed by atoms with Gasteiger partial charge in [-0.1, -0.05) is 38.1 Å². The molecule has 2 aliphatic carbocycles. The van der Waals surface area contributed by atoms with E-state index in [0.717, 1.165) is 56.1 Å². The van der Waals surface area contributed by atoms with Crippen LogP contribution >= 0.6 is 0 Å². The fraction of sp³-hybridized carbons (Fsp3) is 0.400. The first-order chi connectivity index (χ1) is 17.3. The maximum atomic E-state index is 11.3. The Balaban J connectivity index is 1.06. The number of ether oxygens (including phenoxy) is 2. The number of nitrogens with zero attached hydrogens (tertiary/aromatic N) is 2. The number of rotatable bonds is 7. The number of anilines is 1. The molecular weight excluding hydrogens is 450 g/mol. The number of hydrogen-bond donors (Lipinski definition) is 1. The second-order valence-corrected chi connectivity index (χ2v) is 11.3. The quantitative estimate of drug-likeness (QED) is 0.495. The zero-order valence-corrected chi connectivity index (χ0v) is 20.9. The van der Waals surface area contributed by atoms with E-state index in [1.807, 2.05) is 24.3 Å². The van der Waals surface area contributed by atoms with Gasteiger partial charge in [0.2, 0.25) is 0 Å². The van der Waals surface area contributed by atoms with Crippen LogP contribution < -0.4 is 20.1 Å². The van der Waals surface area contributed by atoms with Gasteiger partial charge in [0.15, 0.2) is 0 Å². The van der Waals surface area contributed by atoms with E-state index in [1.165, 1.54) is 11.1 Å². The highest BCUT2D eigenvalue weighted by molar-refractivity contribution is 5.87. The summed E-state index contributed by atoms with van der Waals surface area (Å²) in [7, 11) is 0. The number of ketones is 1. The fourth-order valence-corrected chi connectivity index (χ4v) is 5.64. The Morgan fingerprint density at radius 2 is 1.47 bits per heavy atom. The normalized spacial score (nSPS) is 22.4. The van der Waals surface area contributed by atoms with Gasteiger partial charge >= 0.3 is 0 Å². The van der Waals surface area contributed by atoms with Crippen LogP contribution in [0.4, 0.5) is 5.82 Å². The molecule has 0 atom stereocenters. The second-order valence-electron chi connectivity index (χ2n) is 11.3. The summed E-state index contributed by atoms with van der Waals surface area (Å²) in [4.78, 5) is 18.1. The van der Waals surface area contributed by atoms with Crippen LogP contribution in [-0.4, -0.2) is 36.0 Å². The molecule has 1 aliphatic heterocycles. The lowest BCUT2D eigenvalue weighted by Crippen LogP contribution is -2.63. The van der Waals surface area contributed by atoms with E-state index >= 15 is 0 Å². The van der Waals surface area contributed by atoms with Gasteiger partial charge in [0.05, 0.1) is 6.20 Å². The van der Waals surface area contributed by atoms with Crippen molar-refractivity contribution in [2.45, 2.75) is 57.1 Å². The maximum Gasteiger partial charge on any atom is 0.145 e. The minimum atomic E-state index is -0.154. The van der Waals surface area contributed by atoms with Crippen molar-refractivity contribution in [3.63, 3.8) is 0 Å². The fourth-order valence-electron chi connectivity index (χ4n) is 5.64.